The van der Waals surface area contributed by atoms with Gasteiger partial charge in [0.05, 0.1) is 10.8 Å². The number of ether oxygens (including phenoxy) is 3. The third-order valence-electron chi connectivity index (χ3n) is 12.1. The average Bonchev–Trinajstić information content (AvgIpc) is 4.10. The Balaban J connectivity index is 0.000000179. The summed E-state index contributed by atoms with van der Waals surface area (Å²) in [5.41, 5.74) is 12.0. The Morgan fingerprint density at radius 3 is 1.63 bits per heavy atom. The number of pyridine rings is 2. The highest BCUT2D eigenvalue weighted by atomic mass is 35.5. The third kappa shape index (κ3) is 11.7. The predicted molar refractivity (Wildman–Crippen MR) is 265 cm³/mol. The Labute approximate surface area is 414 Å². The molecule has 0 spiro atoms. The third-order valence-corrected chi connectivity index (χ3v) is 12.9. The summed E-state index contributed by atoms with van der Waals surface area (Å²) in [5.74, 6) is -0.202. The predicted octanol–water partition coefficient (Wildman–Crippen LogP) is 5.54. The summed E-state index contributed by atoms with van der Waals surface area (Å²) in [5, 5.41) is 27.8. The molecule has 3 N–H and O–H groups in total. The van der Waals surface area contributed by atoms with Crippen LogP contribution < -0.4 is 15.5 Å². The van der Waals surface area contributed by atoms with Crippen LogP contribution >= 0.6 is 23.2 Å². The molecule has 0 saturated carbocycles. The SMILES string of the molecule is COC(C)(OC)OC.Cc1cc(N2CCN(C(=O)Cn3nc(/C(N)=N/O)c4cccnc43)CC2)ccc1Cl.Cc1nc(-c2nn(CC(=O)N3CCN(c4ccc(Cl)c(C)c4)CC3)c3ncccc23)no1. The number of methoxy groups -OCH3 is 3. The van der Waals surface area contributed by atoms with E-state index in [2.05, 4.69) is 57.4 Å². The molecule has 2 saturated heterocycles. The molecule has 2 aliphatic heterocycles. The quantitative estimate of drug-likeness (QED) is 0.0533. The van der Waals surface area contributed by atoms with E-state index in [0.29, 0.717) is 66.0 Å². The number of hydrogen-bond donors (Lipinski definition) is 2. The van der Waals surface area contributed by atoms with Crippen LogP contribution in [0, 0.1) is 20.8 Å². The van der Waals surface area contributed by atoms with E-state index < -0.39 is 5.97 Å². The lowest BCUT2D eigenvalue weighted by Crippen LogP contribution is -2.49. The summed E-state index contributed by atoms with van der Waals surface area (Å²) in [4.78, 5) is 47.1. The Hall–Kier alpha value is -6.91. The highest BCUT2D eigenvalue weighted by Gasteiger charge is 2.26. The minimum Gasteiger partial charge on any atom is -0.409 e. The van der Waals surface area contributed by atoms with Gasteiger partial charge in [0.25, 0.3) is 5.97 Å². The number of benzene rings is 2. The molecule has 21 nitrogen and oxygen atoms in total. The molecule has 5 aromatic heterocycles. The topological polar surface area (TPSA) is 234 Å². The van der Waals surface area contributed by atoms with Gasteiger partial charge in [-0.15, -0.1) is 0 Å². The number of anilines is 2. The summed E-state index contributed by atoms with van der Waals surface area (Å²) in [7, 11) is 4.56. The molecule has 370 valence electrons. The smallest absolute Gasteiger partial charge is 0.279 e. The average molecular weight is 1000 g/mol. The van der Waals surface area contributed by atoms with Gasteiger partial charge < -0.3 is 49.3 Å². The van der Waals surface area contributed by atoms with Crippen molar-refractivity contribution >= 4 is 74.3 Å². The van der Waals surface area contributed by atoms with Gasteiger partial charge in [-0.2, -0.15) is 15.2 Å². The largest absolute Gasteiger partial charge is 0.409 e. The van der Waals surface area contributed by atoms with E-state index in [1.807, 2.05) is 60.0 Å². The van der Waals surface area contributed by atoms with Crippen LogP contribution in [0.2, 0.25) is 10.0 Å². The van der Waals surface area contributed by atoms with Crippen LogP contribution in [0.25, 0.3) is 33.6 Å². The number of halogens is 2. The molecule has 0 bridgehead atoms. The summed E-state index contributed by atoms with van der Waals surface area (Å²) in [6.07, 6.45) is 3.30. The zero-order chi connectivity index (χ0) is 50.1. The van der Waals surface area contributed by atoms with Gasteiger partial charge in [0, 0.05) is 121 Å². The number of amidine groups is 1. The lowest BCUT2D eigenvalue weighted by Gasteiger charge is -2.36. The molecule has 70 heavy (non-hydrogen) atoms. The summed E-state index contributed by atoms with van der Waals surface area (Å²) >= 11 is 12.3. The minimum atomic E-state index is -0.875. The van der Waals surface area contributed by atoms with Crippen molar-refractivity contribution in [3.8, 4) is 11.5 Å². The van der Waals surface area contributed by atoms with Gasteiger partial charge in [0.2, 0.25) is 23.5 Å². The van der Waals surface area contributed by atoms with Crippen molar-refractivity contribution in [2.24, 2.45) is 10.9 Å². The molecule has 7 aromatic rings. The van der Waals surface area contributed by atoms with Gasteiger partial charge in [-0.25, -0.2) is 19.3 Å². The molecule has 7 heterocycles. The molecule has 0 aliphatic carbocycles. The zero-order valence-electron chi connectivity index (χ0n) is 40.0. The van der Waals surface area contributed by atoms with Crippen LogP contribution in [0.5, 0.6) is 0 Å². The van der Waals surface area contributed by atoms with Crippen molar-refractivity contribution in [1.82, 2.24) is 49.5 Å². The molecular formula is C47H56Cl2N14O7. The lowest BCUT2D eigenvalue weighted by atomic mass is 10.2. The molecule has 0 radical (unpaired) electrons. The van der Waals surface area contributed by atoms with E-state index in [1.165, 1.54) is 26.0 Å². The highest BCUT2D eigenvalue weighted by molar-refractivity contribution is 6.31. The first-order valence-corrected chi connectivity index (χ1v) is 23.1. The first-order chi connectivity index (χ1) is 33.6. The number of nitrogens with zero attached hydrogens (tertiary/aromatic N) is 13. The van der Waals surface area contributed by atoms with E-state index >= 15 is 0 Å². The van der Waals surface area contributed by atoms with Crippen LogP contribution in [-0.4, -0.2) is 152 Å². The number of aryl methyl sites for hydroxylation is 3. The maximum absolute atomic E-state index is 13.1. The van der Waals surface area contributed by atoms with E-state index in [-0.39, 0.29) is 30.7 Å². The Bertz CT molecular complexity index is 2950. The van der Waals surface area contributed by atoms with Crippen molar-refractivity contribution in [1.29, 1.82) is 0 Å². The number of oxime groups is 1. The standard InChI is InChI=1S/C22H22ClN7O2.C20H22ClN7O2.C5H12O3/c1-14-12-16(5-6-18(14)23)28-8-10-29(11-9-28)19(31)13-30-22-17(4-3-7-24-22)20(26-30)21-25-15(2)32-27-21;1-13-11-14(4-5-16(13)21)26-7-9-27(10-8-26)17(29)12-28-20-15(3-2-6-23-20)18(24-28)19(22)25-30;1-5(6-2,7-3)8-4/h3-7,12H,8-11,13H2,1-2H3;2-6,11,30H,7-10,12H2,1H3,(H2,22,25);1-4H3. The number of fused-ring (bicyclic) bond motifs is 2. The number of aromatic nitrogens is 8. The van der Waals surface area contributed by atoms with E-state index in [9.17, 15) is 9.59 Å². The number of piperazine rings is 2. The van der Waals surface area contributed by atoms with Gasteiger partial charge in [0.1, 0.15) is 24.5 Å². The molecule has 9 rings (SSSR count). The molecule has 2 aromatic carbocycles. The minimum absolute atomic E-state index is 0.00262. The molecule has 23 heteroatoms. The number of carbonyl (C=O) groups is 2. The van der Waals surface area contributed by atoms with E-state index in [1.54, 1.807) is 43.1 Å². The van der Waals surface area contributed by atoms with E-state index in [0.717, 1.165) is 64.1 Å². The fraction of sp³-hybridized carbons (Fsp3) is 0.383. The Morgan fingerprint density at radius 2 is 1.20 bits per heavy atom. The van der Waals surface area contributed by atoms with Gasteiger partial charge >= 0.3 is 0 Å². The van der Waals surface area contributed by atoms with Crippen molar-refractivity contribution in [3.05, 3.63) is 106 Å². The first-order valence-electron chi connectivity index (χ1n) is 22.3. The monoisotopic (exact) mass is 998 g/mol. The van der Waals surface area contributed by atoms with Gasteiger partial charge in [-0.05, 0) is 85.6 Å². The van der Waals surface area contributed by atoms with Crippen LogP contribution in [0.1, 0.15) is 29.6 Å². The van der Waals surface area contributed by atoms with Crippen LogP contribution in [0.3, 0.4) is 0 Å². The van der Waals surface area contributed by atoms with Gasteiger partial charge in [0.15, 0.2) is 17.1 Å². The van der Waals surface area contributed by atoms with Crippen LogP contribution in [0.15, 0.2) is 82.7 Å². The lowest BCUT2D eigenvalue weighted by molar-refractivity contribution is -0.340. The van der Waals surface area contributed by atoms with Crippen molar-refractivity contribution in [3.63, 3.8) is 0 Å². The summed E-state index contributed by atoms with van der Waals surface area (Å²) in [6, 6.07) is 19.2. The van der Waals surface area contributed by atoms with Crippen molar-refractivity contribution in [2.75, 3.05) is 83.5 Å². The second-order valence-corrected chi connectivity index (χ2v) is 17.3. The number of carbonyl (C=O) groups excluding carboxylic acids is 2. The number of rotatable bonds is 11. The molecule has 2 amide bonds. The molecular weight excluding hydrogens is 944 g/mol. The van der Waals surface area contributed by atoms with Crippen LogP contribution in [-0.2, 0) is 36.9 Å². The van der Waals surface area contributed by atoms with Crippen LogP contribution in [0.4, 0.5) is 11.4 Å². The fourth-order valence-corrected chi connectivity index (χ4v) is 8.06. The number of nitrogens with two attached hydrogens (primary N) is 1. The van der Waals surface area contributed by atoms with Gasteiger partial charge in [-0.3, -0.25) is 9.59 Å². The zero-order valence-corrected chi connectivity index (χ0v) is 41.6. The fourth-order valence-electron chi connectivity index (χ4n) is 7.82. The maximum atomic E-state index is 13.1. The van der Waals surface area contributed by atoms with Crippen molar-refractivity contribution < 1.29 is 33.5 Å². The molecule has 2 fully saturated rings. The van der Waals surface area contributed by atoms with Crippen molar-refractivity contribution in [2.45, 2.75) is 46.8 Å². The Morgan fingerprint density at radius 1 is 0.729 bits per heavy atom. The molecule has 2 aliphatic rings. The maximum Gasteiger partial charge on any atom is 0.279 e. The van der Waals surface area contributed by atoms with E-state index in [4.69, 9.17) is 52.9 Å². The number of amides is 2. The second kappa shape index (κ2) is 22.7. The summed E-state index contributed by atoms with van der Waals surface area (Å²) < 4.78 is 22.6. The number of hydrogen-bond acceptors (Lipinski definition) is 16. The summed E-state index contributed by atoms with van der Waals surface area (Å²) in [6.45, 7) is 13.0. The normalized spacial score (nSPS) is 14.4. The second-order valence-electron chi connectivity index (χ2n) is 16.5. The van der Waals surface area contributed by atoms with Gasteiger partial charge in [-0.1, -0.05) is 33.5 Å². The Kier molecular flexibility index (Phi) is 16.5. The highest BCUT2D eigenvalue weighted by Crippen LogP contribution is 2.27. The molecule has 0 atom stereocenters. The molecule has 0 unspecified atom stereocenters. The first kappa shape index (κ1) is 51.0.